The number of nitrogens with zero attached hydrogens (tertiary/aromatic N) is 3. The molecule has 0 saturated carbocycles. The average molecular weight is 432 g/mol. The Kier molecular flexibility index (Phi) is 4.61. The highest BCUT2D eigenvalue weighted by atomic mass is 16.6. The highest BCUT2D eigenvalue weighted by Crippen LogP contribution is 2.38. The average Bonchev–Trinajstić information content (AvgIpc) is 3.36. The number of carbonyl (C=O) groups is 1. The Hall–Kier alpha value is -3.88. The molecule has 0 fully saturated rings. The number of anilines is 2. The number of hydrogen-bond donors (Lipinski definition) is 3. The minimum absolute atomic E-state index is 0.0409. The topological polar surface area (TPSA) is 116 Å². The summed E-state index contributed by atoms with van der Waals surface area (Å²) in [6.45, 7) is 6.76. The number of amides is 1. The Morgan fingerprint density at radius 3 is 2.44 bits per heavy atom. The monoisotopic (exact) mass is 432 g/mol. The zero-order valence-corrected chi connectivity index (χ0v) is 18.2. The van der Waals surface area contributed by atoms with Crippen LogP contribution in [0.15, 0.2) is 30.3 Å². The smallest absolute Gasteiger partial charge is 0.273 e. The van der Waals surface area contributed by atoms with E-state index in [4.69, 9.17) is 0 Å². The summed E-state index contributed by atoms with van der Waals surface area (Å²) in [6, 6.07) is 8.90. The minimum atomic E-state index is -0.454. The molecule has 3 N–H and O–H groups in total. The van der Waals surface area contributed by atoms with Gasteiger partial charge in [-0.25, -0.2) is 0 Å². The normalized spacial score (nSPS) is 15.0. The zero-order valence-electron chi connectivity index (χ0n) is 18.2. The number of aromatic nitrogens is 2. The van der Waals surface area contributed by atoms with Crippen LogP contribution in [0.2, 0.25) is 0 Å². The molecule has 5 rings (SSSR count). The summed E-state index contributed by atoms with van der Waals surface area (Å²) in [5, 5.41) is 25.9. The van der Waals surface area contributed by atoms with Crippen LogP contribution in [-0.2, 0) is 13.0 Å². The first kappa shape index (κ1) is 20.0. The highest BCUT2D eigenvalue weighted by molar-refractivity contribution is 5.95. The summed E-state index contributed by atoms with van der Waals surface area (Å²) in [7, 11) is 0. The third-order valence-electron chi connectivity index (χ3n) is 6.41. The van der Waals surface area contributed by atoms with E-state index in [2.05, 4.69) is 46.8 Å². The molecule has 1 amide bonds. The maximum absolute atomic E-state index is 13.0. The molecule has 9 heteroatoms. The van der Waals surface area contributed by atoms with E-state index >= 15 is 0 Å². The van der Waals surface area contributed by atoms with E-state index in [1.165, 1.54) is 17.2 Å². The van der Waals surface area contributed by atoms with Crippen LogP contribution >= 0.6 is 0 Å². The molecule has 2 aromatic carbocycles. The molecule has 0 atom stereocenters. The molecule has 3 aromatic rings. The molecule has 3 heterocycles. The number of rotatable bonds is 3. The van der Waals surface area contributed by atoms with Gasteiger partial charge in [-0.15, -0.1) is 0 Å². The first-order valence-electron chi connectivity index (χ1n) is 10.6. The Morgan fingerprint density at radius 2 is 1.78 bits per heavy atom. The van der Waals surface area contributed by atoms with Crippen LogP contribution in [0.4, 0.5) is 17.1 Å². The first-order valence-corrected chi connectivity index (χ1v) is 10.6. The van der Waals surface area contributed by atoms with Crippen LogP contribution in [0.1, 0.15) is 50.2 Å². The van der Waals surface area contributed by atoms with Crippen LogP contribution in [0.3, 0.4) is 0 Å². The second-order valence-electron chi connectivity index (χ2n) is 8.50. The van der Waals surface area contributed by atoms with Crippen LogP contribution in [-0.4, -0.2) is 32.5 Å². The molecule has 2 aliphatic heterocycles. The first-order chi connectivity index (χ1) is 15.3. The number of nitro groups is 1. The second kappa shape index (κ2) is 7.37. The van der Waals surface area contributed by atoms with E-state index in [0.29, 0.717) is 30.6 Å². The maximum Gasteiger partial charge on any atom is 0.273 e. The number of aryl methyl sites for hydroxylation is 3. The molecule has 0 aliphatic carbocycles. The predicted molar refractivity (Wildman–Crippen MR) is 121 cm³/mol. The van der Waals surface area contributed by atoms with Gasteiger partial charge in [-0.3, -0.25) is 20.0 Å². The van der Waals surface area contributed by atoms with Crippen LogP contribution in [0.25, 0.3) is 0 Å². The predicted octanol–water partition coefficient (Wildman–Crippen LogP) is 3.98. The fourth-order valence-electron chi connectivity index (χ4n) is 4.42. The number of nitrogens with one attached hydrogen (secondary N) is 3. The van der Waals surface area contributed by atoms with Crippen molar-refractivity contribution in [2.45, 2.75) is 39.9 Å². The fraction of sp³-hybridized carbons (Fsp3) is 0.304. The van der Waals surface area contributed by atoms with E-state index in [9.17, 15) is 14.9 Å². The Morgan fingerprint density at radius 1 is 1.09 bits per heavy atom. The molecule has 0 radical (unpaired) electrons. The number of benzene rings is 2. The number of nitro benzene ring substituents is 1. The maximum atomic E-state index is 13.0. The van der Waals surface area contributed by atoms with Crippen LogP contribution in [0.5, 0.6) is 0 Å². The Bertz CT molecular complexity index is 1230. The summed E-state index contributed by atoms with van der Waals surface area (Å²) in [6.07, 6.45) is 0.531. The van der Waals surface area contributed by atoms with Gasteiger partial charge in [0.05, 0.1) is 28.5 Å². The van der Waals surface area contributed by atoms with Crippen molar-refractivity contribution >= 4 is 23.0 Å². The van der Waals surface area contributed by atoms with E-state index in [1.807, 2.05) is 0 Å². The highest BCUT2D eigenvalue weighted by Gasteiger charge is 2.31. The van der Waals surface area contributed by atoms with Gasteiger partial charge in [-0.05, 0) is 56.5 Å². The zero-order chi connectivity index (χ0) is 22.6. The van der Waals surface area contributed by atoms with Crippen LogP contribution in [0, 0.1) is 30.9 Å². The van der Waals surface area contributed by atoms with Gasteiger partial charge in [0.15, 0.2) is 0 Å². The molecule has 1 aromatic heterocycles. The summed E-state index contributed by atoms with van der Waals surface area (Å²) >= 11 is 0. The van der Waals surface area contributed by atoms with Crippen molar-refractivity contribution in [2.24, 2.45) is 0 Å². The molecular formula is C23H24N6O3. The summed E-state index contributed by atoms with van der Waals surface area (Å²) in [5.74, 6) is -0.217. The third kappa shape index (κ3) is 3.26. The number of carbonyl (C=O) groups excluding carboxylic acids is 1. The van der Waals surface area contributed by atoms with Crippen molar-refractivity contribution in [3.8, 4) is 0 Å². The Balaban J connectivity index is 1.35. The van der Waals surface area contributed by atoms with Crippen LogP contribution < -0.4 is 10.6 Å². The largest absolute Gasteiger partial charge is 0.359 e. The molecule has 0 spiro atoms. The molecular weight excluding hydrogens is 408 g/mol. The number of H-pyrrole nitrogens is 1. The van der Waals surface area contributed by atoms with E-state index in [1.54, 1.807) is 24.0 Å². The minimum Gasteiger partial charge on any atom is -0.359 e. The van der Waals surface area contributed by atoms with Crippen molar-refractivity contribution in [1.29, 1.82) is 0 Å². The van der Waals surface area contributed by atoms with Gasteiger partial charge in [0.1, 0.15) is 11.9 Å². The lowest BCUT2D eigenvalue weighted by molar-refractivity contribution is -0.385. The van der Waals surface area contributed by atoms with Crippen molar-refractivity contribution in [3.05, 3.63) is 79.7 Å². The van der Waals surface area contributed by atoms with Gasteiger partial charge < -0.3 is 15.5 Å². The SMILES string of the molecule is Cc1cc2c(cc1C)NC(c1n[nH]c3c1CCN(C(=O)c1ccc(C)c([N+](=O)[O-])c1)C3)N2. The summed E-state index contributed by atoms with van der Waals surface area (Å²) in [4.78, 5) is 25.5. The lowest BCUT2D eigenvalue weighted by Gasteiger charge is -2.27. The molecule has 32 heavy (non-hydrogen) atoms. The third-order valence-corrected chi connectivity index (χ3v) is 6.41. The Labute approximate surface area is 185 Å². The van der Waals surface area contributed by atoms with Gasteiger partial charge in [-0.1, -0.05) is 6.07 Å². The second-order valence-corrected chi connectivity index (χ2v) is 8.50. The number of fused-ring (bicyclic) bond motifs is 2. The van der Waals surface area contributed by atoms with Gasteiger partial charge >= 0.3 is 0 Å². The summed E-state index contributed by atoms with van der Waals surface area (Å²) in [5.41, 5.74) is 8.31. The molecule has 0 saturated heterocycles. The number of hydrogen-bond acceptors (Lipinski definition) is 6. The quantitative estimate of drug-likeness (QED) is 0.426. The molecule has 9 nitrogen and oxygen atoms in total. The van der Waals surface area contributed by atoms with Gasteiger partial charge in [0.2, 0.25) is 0 Å². The van der Waals surface area contributed by atoms with E-state index in [-0.39, 0.29) is 17.8 Å². The van der Waals surface area contributed by atoms with Gasteiger partial charge in [-0.2, -0.15) is 5.10 Å². The molecule has 164 valence electrons. The number of aromatic amines is 1. The summed E-state index contributed by atoms with van der Waals surface area (Å²) < 4.78 is 0. The van der Waals surface area contributed by atoms with Crippen molar-refractivity contribution in [1.82, 2.24) is 15.1 Å². The molecule has 2 aliphatic rings. The molecule has 0 unspecified atom stereocenters. The standard InChI is InChI=1S/C23H24N6O3/c1-12-4-5-15(10-20(12)29(31)32)23(30)28-7-6-16-19(11-28)26-27-21(16)22-24-17-8-13(2)14(3)9-18(17)25-22/h4-5,8-10,22,24-25H,6-7,11H2,1-3H3,(H,26,27). The van der Waals surface area contributed by atoms with Crippen molar-refractivity contribution in [2.75, 3.05) is 17.2 Å². The van der Waals surface area contributed by atoms with Crippen molar-refractivity contribution in [3.63, 3.8) is 0 Å². The van der Waals surface area contributed by atoms with E-state index in [0.717, 1.165) is 28.3 Å². The van der Waals surface area contributed by atoms with Gasteiger partial charge in [0.25, 0.3) is 11.6 Å². The van der Waals surface area contributed by atoms with Crippen molar-refractivity contribution < 1.29 is 9.72 Å². The fourth-order valence-corrected chi connectivity index (χ4v) is 4.42. The lowest BCUT2D eigenvalue weighted by atomic mass is 10.0. The lowest BCUT2D eigenvalue weighted by Crippen LogP contribution is -2.36. The van der Waals surface area contributed by atoms with Gasteiger partial charge in [0, 0.05) is 29.3 Å². The van der Waals surface area contributed by atoms with E-state index < -0.39 is 4.92 Å². The molecule has 0 bridgehead atoms.